The van der Waals surface area contributed by atoms with Crippen LogP contribution in [-0.2, 0) is 6.54 Å². The van der Waals surface area contributed by atoms with Crippen molar-refractivity contribution < 1.29 is 4.39 Å². The standard InChI is InChI=1S/C24H24FN3.ClH/c1-15-6-5-7-16(2)22(15)13-26-23-12-20(19-8-10-21(25)11-9-19)14-28-18(4)17(3)27-24(23)28;/h5-12,14,26H,13H2,1-4H3;1H. The van der Waals surface area contributed by atoms with Crippen LogP contribution in [0.2, 0.25) is 0 Å². The number of aryl methyl sites for hydroxylation is 4. The average molecular weight is 410 g/mol. The molecule has 0 spiro atoms. The number of imidazole rings is 1. The molecule has 0 saturated heterocycles. The molecule has 0 aliphatic rings. The molecule has 3 nitrogen and oxygen atoms in total. The third-order valence-corrected chi connectivity index (χ3v) is 5.47. The minimum Gasteiger partial charge on any atom is -0.378 e. The molecule has 0 atom stereocenters. The van der Waals surface area contributed by atoms with Crippen molar-refractivity contribution in [1.29, 1.82) is 0 Å². The van der Waals surface area contributed by atoms with Crippen LogP contribution in [0.3, 0.4) is 0 Å². The van der Waals surface area contributed by atoms with Crippen molar-refractivity contribution in [3.05, 3.63) is 88.6 Å². The molecule has 0 radical (unpaired) electrons. The van der Waals surface area contributed by atoms with Gasteiger partial charge in [-0.25, -0.2) is 9.37 Å². The molecule has 0 aliphatic carbocycles. The maximum Gasteiger partial charge on any atom is 0.160 e. The predicted molar refractivity (Wildman–Crippen MR) is 121 cm³/mol. The van der Waals surface area contributed by atoms with Crippen LogP contribution in [0.4, 0.5) is 10.1 Å². The van der Waals surface area contributed by atoms with Crippen LogP contribution in [-0.4, -0.2) is 9.38 Å². The molecule has 4 aromatic rings. The summed E-state index contributed by atoms with van der Waals surface area (Å²) < 4.78 is 15.5. The van der Waals surface area contributed by atoms with Gasteiger partial charge in [0.25, 0.3) is 0 Å². The highest BCUT2D eigenvalue weighted by Gasteiger charge is 2.13. The number of pyridine rings is 1. The zero-order valence-electron chi connectivity index (χ0n) is 17.1. The summed E-state index contributed by atoms with van der Waals surface area (Å²) in [4.78, 5) is 4.76. The molecule has 5 heteroatoms. The molecule has 0 bridgehead atoms. The van der Waals surface area contributed by atoms with E-state index in [9.17, 15) is 4.39 Å². The highest BCUT2D eigenvalue weighted by atomic mass is 35.5. The summed E-state index contributed by atoms with van der Waals surface area (Å²) in [5.41, 5.74) is 9.84. The van der Waals surface area contributed by atoms with E-state index >= 15 is 0 Å². The highest BCUT2D eigenvalue weighted by molar-refractivity contribution is 5.85. The van der Waals surface area contributed by atoms with E-state index in [0.29, 0.717) is 0 Å². The summed E-state index contributed by atoms with van der Waals surface area (Å²) in [5, 5.41) is 3.59. The van der Waals surface area contributed by atoms with Gasteiger partial charge in [0.1, 0.15) is 5.82 Å². The first-order valence-corrected chi connectivity index (χ1v) is 9.48. The van der Waals surface area contributed by atoms with Gasteiger partial charge in [0.2, 0.25) is 0 Å². The number of hydrogen-bond acceptors (Lipinski definition) is 2. The SMILES string of the molecule is Cc1cccc(C)c1CNc1cc(-c2ccc(F)cc2)cn2c(C)c(C)nc12.Cl. The normalized spacial score (nSPS) is 10.8. The van der Waals surface area contributed by atoms with Crippen LogP contribution >= 0.6 is 12.4 Å². The van der Waals surface area contributed by atoms with Crippen molar-refractivity contribution in [3.8, 4) is 11.1 Å². The van der Waals surface area contributed by atoms with E-state index in [1.165, 1.54) is 28.8 Å². The Balaban J connectivity index is 0.00000240. The van der Waals surface area contributed by atoms with E-state index in [2.05, 4.69) is 61.0 Å². The molecule has 29 heavy (non-hydrogen) atoms. The highest BCUT2D eigenvalue weighted by Crippen LogP contribution is 2.29. The number of halogens is 2. The number of hydrogen-bond donors (Lipinski definition) is 1. The lowest BCUT2D eigenvalue weighted by Crippen LogP contribution is -2.05. The van der Waals surface area contributed by atoms with E-state index in [1.54, 1.807) is 0 Å². The molecule has 0 amide bonds. The summed E-state index contributed by atoms with van der Waals surface area (Å²) in [6.07, 6.45) is 2.07. The second-order valence-electron chi connectivity index (χ2n) is 7.35. The van der Waals surface area contributed by atoms with Crippen LogP contribution in [0.15, 0.2) is 54.7 Å². The van der Waals surface area contributed by atoms with Gasteiger partial charge in [0.15, 0.2) is 5.65 Å². The molecule has 0 fully saturated rings. The van der Waals surface area contributed by atoms with Crippen LogP contribution in [0, 0.1) is 33.5 Å². The number of anilines is 1. The topological polar surface area (TPSA) is 29.3 Å². The fourth-order valence-corrected chi connectivity index (χ4v) is 3.61. The Hall–Kier alpha value is -2.85. The van der Waals surface area contributed by atoms with Crippen molar-refractivity contribution >= 4 is 23.7 Å². The molecular formula is C24H25ClFN3. The van der Waals surface area contributed by atoms with Gasteiger partial charge >= 0.3 is 0 Å². The fourth-order valence-electron chi connectivity index (χ4n) is 3.61. The minimum atomic E-state index is -0.229. The number of benzene rings is 2. The van der Waals surface area contributed by atoms with Crippen molar-refractivity contribution in [2.45, 2.75) is 34.2 Å². The zero-order chi connectivity index (χ0) is 19.8. The van der Waals surface area contributed by atoms with Crippen molar-refractivity contribution in [2.24, 2.45) is 0 Å². The average Bonchev–Trinajstić information content (AvgIpc) is 2.96. The van der Waals surface area contributed by atoms with Gasteiger partial charge in [-0.1, -0.05) is 30.3 Å². The third kappa shape index (κ3) is 3.99. The van der Waals surface area contributed by atoms with Gasteiger partial charge in [-0.2, -0.15) is 0 Å². The molecule has 1 N–H and O–H groups in total. The Morgan fingerprint density at radius 3 is 2.24 bits per heavy atom. The minimum absolute atomic E-state index is 0. The quantitative estimate of drug-likeness (QED) is 0.422. The van der Waals surface area contributed by atoms with Gasteiger partial charge < -0.3 is 9.72 Å². The molecule has 2 aromatic carbocycles. The first-order chi connectivity index (χ1) is 13.4. The van der Waals surface area contributed by atoms with E-state index in [-0.39, 0.29) is 18.2 Å². The summed E-state index contributed by atoms with van der Waals surface area (Å²) in [5.74, 6) is -0.229. The summed E-state index contributed by atoms with van der Waals surface area (Å²) >= 11 is 0. The van der Waals surface area contributed by atoms with Crippen molar-refractivity contribution in [2.75, 3.05) is 5.32 Å². The third-order valence-electron chi connectivity index (χ3n) is 5.47. The molecule has 2 aromatic heterocycles. The summed E-state index contributed by atoms with van der Waals surface area (Å²) in [6, 6.07) is 15.1. The monoisotopic (exact) mass is 409 g/mol. The zero-order valence-corrected chi connectivity index (χ0v) is 17.9. The first-order valence-electron chi connectivity index (χ1n) is 9.48. The van der Waals surface area contributed by atoms with E-state index in [4.69, 9.17) is 4.98 Å². The van der Waals surface area contributed by atoms with E-state index < -0.39 is 0 Å². The molecule has 4 rings (SSSR count). The molecule has 0 saturated carbocycles. The molecular weight excluding hydrogens is 385 g/mol. The number of nitrogens with zero attached hydrogens (tertiary/aromatic N) is 2. The maximum atomic E-state index is 13.4. The summed E-state index contributed by atoms with van der Waals surface area (Å²) in [7, 11) is 0. The Morgan fingerprint density at radius 1 is 0.931 bits per heavy atom. The lowest BCUT2D eigenvalue weighted by Gasteiger charge is -2.14. The maximum absolute atomic E-state index is 13.4. The van der Waals surface area contributed by atoms with E-state index in [1.807, 2.05) is 19.1 Å². The van der Waals surface area contributed by atoms with Gasteiger partial charge in [0.05, 0.1) is 11.4 Å². The number of fused-ring (bicyclic) bond motifs is 1. The second-order valence-corrected chi connectivity index (χ2v) is 7.35. The lowest BCUT2D eigenvalue weighted by atomic mass is 10.0. The van der Waals surface area contributed by atoms with E-state index in [0.717, 1.165) is 40.4 Å². The number of nitrogens with one attached hydrogen (secondary N) is 1. The fraction of sp³-hybridized carbons (Fsp3) is 0.208. The lowest BCUT2D eigenvalue weighted by molar-refractivity contribution is 0.628. The molecule has 150 valence electrons. The van der Waals surface area contributed by atoms with Crippen LogP contribution in [0.1, 0.15) is 28.1 Å². The van der Waals surface area contributed by atoms with Crippen LogP contribution < -0.4 is 5.32 Å². The van der Waals surface area contributed by atoms with Crippen LogP contribution in [0.5, 0.6) is 0 Å². The van der Waals surface area contributed by atoms with Gasteiger partial charge in [0, 0.05) is 24.0 Å². The van der Waals surface area contributed by atoms with Crippen molar-refractivity contribution in [3.63, 3.8) is 0 Å². The number of rotatable bonds is 4. The largest absolute Gasteiger partial charge is 0.378 e. The first kappa shape index (κ1) is 20.9. The molecule has 0 aliphatic heterocycles. The Kier molecular flexibility index (Phi) is 5.94. The van der Waals surface area contributed by atoms with Gasteiger partial charge in [-0.05, 0) is 68.1 Å². The second kappa shape index (κ2) is 8.26. The van der Waals surface area contributed by atoms with Gasteiger partial charge in [-0.15, -0.1) is 12.4 Å². The Labute approximate surface area is 177 Å². The molecule has 0 unspecified atom stereocenters. The Morgan fingerprint density at radius 2 is 1.59 bits per heavy atom. The van der Waals surface area contributed by atoms with Gasteiger partial charge in [-0.3, -0.25) is 0 Å². The predicted octanol–water partition coefficient (Wildman–Crippen LogP) is 6.41. The summed E-state index contributed by atoms with van der Waals surface area (Å²) in [6.45, 7) is 9.09. The smallest absolute Gasteiger partial charge is 0.160 e. The van der Waals surface area contributed by atoms with Crippen LogP contribution in [0.25, 0.3) is 16.8 Å². The Bertz CT molecular complexity index is 1140. The van der Waals surface area contributed by atoms with Crippen molar-refractivity contribution in [1.82, 2.24) is 9.38 Å². The number of aromatic nitrogens is 2. The molecule has 2 heterocycles.